The van der Waals surface area contributed by atoms with Gasteiger partial charge < -0.3 is 24.3 Å². The Bertz CT molecular complexity index is 1530. The topological polar surface area (TPSA) is 118 Å². The number of nitro groups is 1. The number of ether oxygens (including phenoxy) is 2. The first-order chi connectivity index (χ1) is 19.8. The van der Waals surface area contributed by atoms with E-state index in [1.807, 2.05) is 54.7 Å². The first-order valence-electron chi connectivity index (χ1n) is 13.3. The van der Waals surface area contributed by atoms with Crippen LogP contribution >= 0.6 is 0 Å². The molecule has 0 fully saturated rings. The molecule has 0 spiro atoms. The first-order valence-corrected chi connectivity index (χ1v) is 13.3. The Kier molecular flexibility index (Phi) is 9.70. The highest BCUT2D eigenvalue weighted by molar-refractivity contribution is 5.97. The molecule has 0 saturated carbocycles. The van der Waals surface area contributed by atoms with Crippen molar-refractivity contribution >= 4 is 28.4 Å². The van der Waals surface area contributed by atoms with Gasteiger partial charge in [0.05, 0.1) is 18.6 Å². The molecule has 0 aliphatic carbocycles. The molecule has 10 nitrogen and oxygen atoms in total. The van der Waals surface area contributed by atoms with Crippen molar-refractivity contribution in [3.05, 3.63) is 105 Å². The number of para-hydroxylation sites is 2. The lowest BCUT2D eigenvalue weighted by atomic mass is 10.1. The van der Waals surface area contributed by atoms with Crippen molar-refractivity contribution in [2.75, 3.05) is 40.5 Å². The van der Waals surface area contributed by atoms with Crippen LogP contribution in [-0.2, 0) is 22.5 Å². The number of nitrogens with zero attached hydrogens (tertiary/aromatic N) is 3. The van der Waals surface area contributed by atoms with Gasteiger partial charge >= 0.3 is 0 Å². The van der Waals surface area contributed by atoms with E-state index in [-0.39, 0.29) is 43.4 Å². The van der Waals surface area contributed by atoms with E-state index in [4.69, 9.17) is 9.47 Å². The zero-order valence-electron chi connectivity index (χ0n) is 23.5. The molecule has 41 heavy (non-hydrogen) atoms. The van der Waals surface area contributed by atoms with E-state index in [9.17, 15) is 19.7 Å². The predicted molar refractivity (Wildman–Crippen MR) is 156 cm³/mol. The van der Waals surface area contributed by atoms with Gasteiger partial charge in [-0.3, -0.25) is 19.7 Å². The van der Waals surface area contributed by atoms with Crippen molar-refractivity contribution in [3.8, 4) is 5.75 Å². The van der Waals surface area contributed by atoms with Gasteiger partial charge in [-0.15, -0.1) is 0 Å². The van der Waals surface area contributed by atoms with Gasteiger partial charge in [0.15, 0.2) is 0 Å². The van der Waals surface area contributed by atoms with Gasteiger partial charge in [0.25, 0.3) is 11.6 Å². The van der Waals surface area contributed by atoms with Gasteiger partial charge in [-0.25, -0.2) is 0 Å². The van der Waals surface area contributed by atoms with E-state index in [0.29, 0.717) is 24.3 Å². The molecule has 0 radical (unpaired) electrons. The molecule has 3 aromatic carbocycles. The third-order valence-electron chi connectivity index (χ3n) is 7.06. The minimum atomic E-state index is -0.517. The Morgan fingerprint density at radius 2 is 1.71 bits per heavy atom. The highest BCUT2D eigenvalue weighted by atomic mass is 16.6. The van der Waals surface area contributed by atoms with Crippen molar-refractivity contribution < 1.29 is 24.0 Å². The van der Waals surface area contributed by atoms with Crippen LogP contribution in [0.1, 0.15) is 27.0 Å². The van der Waals surface area contributed by atoms with Crippen LogP contribution < -0.4 is 4.74 Å². The molecular formula is C31H34N4O6. The summed E-state index contributed by atoms with van der Waals surface area (Å²) < 4.78 is 10.7. The number of aromatic amines is 1. The second kappa shape index (κ2) is 13.6. The van der Waals surface area contributed by atoms with Gasteiger partial charge in [-0.1, -0.05) is 42.5 Å². The lowest BCUT2D eigenvalue weighted by Gasteiger charge is -2.28. The molecule has 1 N–H and O–H groups in total. The smallest absolute Gasteiger partial charge is 0.273 e. The minimum absolute atomic E-state index is 0.140. The summed E-state index contributed by atoms with van der Waals surface area (Å²) in [5, 5.41) is 12.6. The largest absolute Gasteiger partial charge is 0.496 e. The number of benzene rings is 3. The summed E-state index contributed by atoms with van der Waals surface area (Å²) >= 11 is 0. The van der Waals surface area contributed by atoms with E-state index in [1.165, 1.54) is 24.1 Å². The third kappa shape index (κ3) is 7.09. The second-order valence-electron chi connectivity index (χ2n) is 9.71. The zero-order valence-corrected chi connectivity index (χ0v) is 23.5. The van der Waals surface area contributed by atoms with Gasteiger partial charge in [0, 0.05) is 66.6 Å². The van der Waals surface area contributed by atoms with E-state index < -0.39 is 10.8 Å². The number of carbonyl (C=O) groups is 2. The first kappa shape index (κ1) is 29.3. The zero-order chi connectivity index (χ0) is 29.4. The van der Waals surface area contributed by atoms with Crippen LogP contribution in [0, 0.1) is 17.0 Å². The number of aromatic nitrogens is 1. The highest BCUT2D eigenvalue weighted by Crippen LogP contribution is 2.23. The summed E-state index contributed by atoms with van der Waals surface area (Å²) in [6.45, 7) is 2.44. The van der Waals surface area contributed by atoms with Gasteiger partial charge in [-0.05, 0) is 37.1 Å². The maximum Gasteiger partial charge on any atom is 0.273 e. The van der Waals surface area contributed by atoms with Crippen molar-refractivity contribution in [3.63, 3.8) is 0 Å². The number of hydrogen-bond acceptors (Lipinski definition) is 6. The summed E-state index contributed by atoms with van der Waals surface area (Å²) in [5.74, 6) is -0.0779. The Morgan fingerprint density at radius 3 is 2.46 bits per heavy atom. The molecule has 1 heterocycles. The van der Waals surface area contributed by atoms with Crippen molar-refractivity contribution in [2.24, 2.45) is 0 Å². The van der Waals surface area contributed by atoms with Crippen LogP contribution in [0.25, 0.3) is 10.9 Å². The summed E-state index contributed by atoms with van der Waals surface area (Å²) in [4.78, 5) is 44.7. The van der Waals surface area contributed by atoms with Crippen LogP contribution in [0.15, 0.2) is 72.9 Å². The van der Waals surface area contributed by atoms with Crippen molar-refractivity contribution in [1.82, 2.24) is 14.8 Å². The normalized spacial score (nSPS) is 10.9. The highest BCUT2D eigenvalue weighted by Gasteiger charge is 2.25. The number of H-pyrrole nitrogens is 1. The molecule has 0 bridgehead atoms. The third-order valence-corrected chi connectivity index (χ3v) is 7.06. The fraction of sp³-hybridized carbons (Fsp3) is 0.290. The van der Waals surface area contributed by atoms with Gasteiger partial charge in [0.1, 0.15) is 12.3 Å². The molecular weight excluding hydrogens is 524 g/mol. The molecule has 4 rings (SSSR count). The summed E-state index contributed by atoms with van der Waals surface area (Å²) in [7, 11) is 3.10. The van der Waals surface area contributed by atoms with E-state index in [2.05, 4.69) is 4.98 Å². The number of hydrogen-bond donors (Lipinski definition) is 1. The fourth-order valence-corrected chi connectivity index (χ4v) is 4.76. The van der Waals surface area contributed by atoms with Crippen molar-refractivity contribution in [1.29, 1.82) is 0 Å². The number of methoxy groups -OCH3 is 2. The van der Waals surface area contributed by atoms with Crippen LogP contribution in [0.4, 0.5) is 5.69 Å². The maximum atomic E-state index is 13.8. The summed E-state index contributed by atoms with van der Waals surface area (Å²) in [6.07, 6.45) is 2.55. The second-order valence-corrected chi connectivity index (χ2v) is 9.71. The lowest BCUT2D eigenvalue weighted by Crippen LogP contribution is -2.44. The standard InChI is InChI=1S/C31H34N4O6/c1-22-12-13-23(18-28(22)35(38)39)31(37)34(16-17-40-2)21-30(36)33(20-25-8-4-7-11-29(25)41-3)15-14-24-19-32-27-10-6-5-9-26(24)27/h4-13,18-19,32H,14-17,20-21H2,1-3H3. The Balaban J connectivity index is 1.59. The molecule has 0 saturated heterocycles. The van der Waals surface area contributed by atoms with E-state index in [1.54, 1.807) is 25.0 Å². The summed E-state index contributed by atoms with van der Waals surface area (Å²) in [5.41, 5.74) is 3.38. The molecule has 4 aromatic rings. The Labute approximate surface area is 238 Å². The van der Waals surface area contributed by atoms with Gasteiger partial charge in [-0.2, -0.15) is 0 Å². The molecule has 1 aromatic heterocycles. The number of aryl methyl sites for hydroxylation is 1. The SMILES string of the molecule is COCCN(CC(=O)N(CCc1c[nH]c2ccccc12)Cc1ccccc1OC)C(=O)c1ccc(C)c([N+](=O)[O-])c1. The fourth-order valence-electron chi connectivity index (χ4n) is 4.76. The summed E-state index contributed by atoms with van der Waals surface area (Å²) in [6, 6.07) is 19.8. The van der Waals surface area contributed by atoms with E-state index in [0.717, 1.165) is 22.0 Å². The number of fused-ring (bicyclic) bond motifs is 1. The molecule has 0 aliphatic rings. The van der Waals surface area contributed by atoms with Crippen LogP contribution in [0.2, 0.25) is 0 Å². The predicted octanol–water partition coefficient (Wildman–Crippen LogP) is 4.75. The minimum Gasteiger partial charge on any atom is -0.496 e. The Morgan fingerprint density at radius 1 is 0.951 bits per heavy atom. The number of amides is 2. The quantitative estimate of drug-likeness (QED) is 0.187. The molecule has 214 valence electrons. The van der Waals surface area contributed by atoms with Gasteiger partial charge in [0.2, 0.25) is 5.91 Å². The average Bonchev–Trinajstić information content (AvgIpc) is 3.40. The molecule has 2 amide bonds. The molecule has 10 heteroatoms. The van der Waals surface area contributed by atoms with E-state index >= 15 is 0 Å². The average molecular weight is 559 g/mol. The molecule has 0 atom stereocenters. The lowest BCUT2D eigenvalue weighted by molar-refractivity contribution is -0.385. The maximum absolute atomic E-state index is 13.8. The number of nitrogens with one attached hydrogen (secondary N) is 1. The number of rotatable bonds is 13. The Hall–Kier alpha value is -4.70. The monoisotopic (exact) mass is 558 g/mol. The number of nitro benzene ring substituents is 1. The van der Waals surface area contributed by atoms with Crippen molar-refractivity contribution in [2.45, 2.75) is 19.9 Å². The van der Waals surface area contributed by atoms with Crippen LogP contribution in [0.3, 0.4) is 0 Å². The van der Waals surface area contributed by atoms with Crippen LogP contribution in [-0.4, -0.2) is 72.0 Å². The van der Waals surface area contributed by atoms with Crippen LogP contribution in [0.5, 0.6) is 5.75 Å². The molecule has 0 aliphatic heterocycles. The number of carbonyl (C=O) groups excluding carboxylic acids is 2. The molecule has 0 unspecified atom stereocenters.